The third-order valence-electron chi connectivity index (χ3n) is 7.15. The van der Waals surface area contributed by atoms with Gasteiger partial charge in [0, 0.05) is 12.3 Å². The summed E-state index contributed by atoms with van der Waals surface area (Å²) in [6, 6.07) is 2.94. The van der Waals surface area contributed by atoms with Gasteiger partial charge >= 0.3 is 6.09 Å². The molecule has 1 aromatic carbocycles. The van der Waals surface area contributed by atoms with E-state index in [0.717, 1.165) is 0 Å². The third kappa shape index (κ3) is 3.97. The Balaban J connectivity index is 1.65. The van der Waals surface area contributed by atoms with Crippen molar-refractivity contribution in [2.75, 3.05) is 11.9 Å². The monoisotopic (exact) mass is 500 g/mol. The van der Waals surface area contributed by atoms with Crippen molar-refractivity contribution in [2.45, 2.75) is 45.6 Å². The number of phenols is 1. The molecule has 4 rings (SSSR count). The fourth-order valence-electron chi connectivity index (χ4n) is 5.47. The van der Waals surface area contributed by atoms with Crippen molar-refractivity contribution in [3.63, 3.8) is 0 Å². The van der Waals surface area contributed by atoms with Gasteiger partial charge < -0.3 is 20.7 Å². The second-order valence-electron chi connectivity index (χ2n) is 11.0. The van der Waals surface area contributed by atoms with Crippen molar-refractivity contribution >= 4 is 40.8 Å². The Morgan fingerprint density at radius 1 is 1.14 bits per heavy atom. The first-order valence-corrected chi connectivity index (χ1v) is 11.6. The van der Waals surface area contributed by atoms with Gasteiger partial charge in [0.25, 0.3) is 0 Å². The van der Waals surface area contributed by atoms with Gasteiger partial charge in [-0.15, -0.1) is 0 Å². The average molecular weight is 501 g/mol. The van der Waals surface area contributed by atoms with Gasteiger partial charge in [-0.25, -0.2) is 4.79 Å². The van der Waals surface area contributed by atoms with Crippen LogP contribution in [0.2, 0.25) is 0 Å². The van der Waals surface area contributed by atoms with E-state index in [0.29, 0.717) is 5.56 Å². The first-order valence-electron chi connectivity index (χ1n) is 11.6. The molecule has 11 heteroatoms. The van der Waals surface area contributed by atoms with Gasteiger partial charge in [0.15, 0.2) is 34.7 Å². The number of Topliss-reactive ketones (excluding diaryl/α,β-unsaturated/α-hetero) is 4. The smallest absolute Gasteiger partial charge is 0.411 e. The van der Waals surface area contributed by atoms with Crippen molar-refractivity contribution in [2.24, 2.45) is 34.8 Å². The van der Waals surface area contributed by atoms with E-state index in [4.69, 9.17) is 10.5 Å². The van der Waals surface area contributed by atoms with E-state index in [1.54, 1.807) is 0 Å². The normalized spacial score (nSPS) is 29.7. The van der Waals surface area contributed by atoms with Crippen LogP contribution in [0.4, 0.5) is 10.5 Å². The number of nitrogens with one attached hydrogen (secondary N) is 1. The molecule has 1 aromatic rings. The van der Waals surface area contributed by atoms with Crippen LogP contribution in [0.5, 0.6) is 5.75 Å². The second-order valence-corrected chi connectivity index (χ2v) is 11.0. The Morgan fingerprint density at radius 3 is 2.42 bits per heavy atom. The predicted molar refractivity (Wildman–Crippen MR) is 123 cm³/mol. The minimum Gasteiger partial charge on any atom is -0.505 e. The molecule has 0 aromatic heterocycles. The molecule has 0 aliphatic heterocycles. The molecule has 0 radical (unpaired) electrons. The van der Waals surface area contributed by atoms with E-state index in [-0.39, 0.29) is 36.1 Å². The Bertz CT molecular complexity index is 1210. The fourth-order valence-corrected chi connectivity index (χ4v) is 5.47. The highest BCUT2D eigenvalue weighted by Crippen LogP contribution is 2.50. The number of ether oxygens (including phenoxy) is 1. The van der Waals surface area contributed by atoms with E-state index in [1.165, 1.54) is 12.1 Å². The van der Waals surface area contributed by atoms with Crippen LogP contribution >= 0.6 is 0 Å². The third-order valence-corrected chi connectivity index (χ3v) is 7.15. The van der Waals surface area contributed by atoms with E-state index >= 15 is 0 Å². The van der Waals surface area contributed by atoms with Gasteiger partial charge in [0.2, 0.25) is 5.91 Å². The Morgan fingerprint density at radius 2 is 1.81 bits per heavy atom. The second kappa shape index (κ2) is 8.51. The molecule has 3 aliphatic rings. The largest absolute Gasteiger partial charge is 0.505 e. The van der Waals surface area contributed by atoms with E-state index in [2.05, 4.69) is 5.32 Å². The van der Waals surface area contributed by atoms with Crippen molar-refractivity contribution in [3.8, 4) is 5.75 Å². The minimum absolute atomic E-state index is 0.0148. The molecule has 2 unspecified atom stereocenters. The number of rotatable bonds is 3. The van der Waals surface area contributed by atoms with Crippen LogP contribution in [0.15, 0.2) is 12.1 Å². The maximum Gasteiger partial charge on any atom is 0.411 e. The summed E-state index contributed by atoms with van der Waals surface area (Å²) in [6.07, 6.45) is -1.06. The average Bonchev–Trinajstić information content (AvgIpc) is 2.76. The maximum atomic E-state index is 13.5. The standard InChI is InChI=1S/C25H28N2O9/c1-24(2,3)9-36-23(34)27-13-5-4-10-6-11-7-12-8-14(28)17(22(26)33)21(32)25(12,35)20(31)16(11)19(30)15(10)18(13)29/h4-5,11-12,16-17,29,35H,6-9H2,1-3H3,(H2,26,33)(H,27,34)/t11-,12-,16?,17?,25-/m0/s1. The van der Waals surface area contributed by atoms with E-state index < -0.39 is 76.6 Å². The molecule has 2 saturated carbocycles. The number of amides is 2. The molecule has 5 atom stereocenters. The van der Waals surface area contributed by atoms with Gasteiger partial charge in [-0.3, -0.25) is 29.3 Å². The molecule has 2 fully saturated rings. The number of hydrogen-bond acceptors (Lipinski definition) is 9. The Labute approximate surface area is 206 Å². The van der Waals surface area contributed by atoms with Crippen molar-refractivity contribution in [1.29, 1.82) is 0 Å². The molecule has 2 amide bonds. The summed E-state index contributed by atoms with van der Waals surface area (Å²) in [6.45, 7) is 5.70. The molecule has 0 spiro atoms. The first kappa shape index (κ1) is 25.5. The van der Waals surface area contributed by atoms with Crippen LogP contribution in [-0.2, 0) is 30.3 Å². The molecule has 0 bridgehead atoms. The van der Waals surface area contributed by atoms with Crippen molar-refractivity contribution in [3.05, 3.63) is 23.3 Å². The lowest BCUT2D eigenvalue weighted by atomic mass is 9.54. The highest BCUT2D eigenvalue weighted by atomic mass is 16.5. The lowest BCUT2D eigenvalue weighted by molar-refractivity contribution is -0.175. The van der Waals surface area contributed by atoms with Crippen molar-refractivity contribution in [1.82, 2.24) is 0 Å². The van der Waals surface area contributed by atoms with E-state index in [1.807, 2.05) is 20.8 Å². The number of fused-ring (bicyclic) bond motifs is 3. The summed E-state index contributed by atoms with van der Waals surface area (Å²) in [5.74, 6) is -11.0. The van der Waals surface area contributed by atoms with Crippen LogP contribution in [0.25, 0.3) is 0 Å². The summed E-state index contributed by atoms with van der Waals surface area (Å²) in [5, 5.41) is 24.4. The lowest BCUT2D eigenvalue weighted by Crippen LogP contribution is -2.68. The quantitative estimate of drug-likeness (QED) is 0.345. The Kier molecular flexibility index (Phi) is 6.02. The summed E-state index contributed by atoms with van der Waals surface area (Å²) in [4.78, 5) is 76.1. The SMILES string of the molecule is CC(C)(C)COC(=O)Nc1ccc2c(c1O)C(=O)C1C(=O)[C@]3(O)C(=O)C(C(N)=O)C(=O)C[C@@H]3C[C@@H]1C2. The number of anilines is 1. The van der Waals surface area contributed by atoms with Crippen molar-refractivity contribution < 1.29 is 43.7 Å². The number of primary amides is 1. The summed E-state index contributed by atoms with van der Waals surface area (Å²) in [5.41, 5.74) is 2.29. The molecule has 3 aliphatic carbocycles. The van der Waals surface area contributed by atoms with Crippen LogP contribution in [0.1, 0.15) is 49.5 Å². The maximum absolute atomic E-state index is 13.5. The number of carbonyl (C=O) groups excluding carboxylic acids is 6. The molecular weight excluding hydrogens is 472 g/mol. The van der Waals surface area contributed by atoms with Gasteiger partial charge in [-0.05, 0) is 35.8 Å². The van der Waals surface area contributed by atoms with Crippen LogP contribution in [0, 0.1) is 29.1 Å². The number of phenolic OH excluding ortho intramolecular Hbond substituents is 1. The lowest BCUT2D eigenvalue weighted by Gasteiger charge is -2.48. The van der Waals surface area contributed by atoms with Gasteiger partial charge in [0.1, 0.15) is 5.75 Å². The number of aromatic hydroxyl groups is 1. The molecule has 11 nitrogen and oxygen atoms in total. The summed E-state index contributed by atoms with van der Waals surface area (Å²) in [7, 11) is 0. The van der Waals surface area contributed by atoms with E-state index in [9.17, 15) is 39.0 Å². The number of nitrogens with two attached hydrogens (primary N) is 1. The number of ketones is 4. The van der Waals surface area contributed by atoms with Gasteiger partial charge in [-0.2, -0.15) is 0 Å². The first-order chi connectivity index (χ1) is 16.7. The molecule has 0 saturated heterocycles. The highest BCUT2D eigenvalue weighted by Gasteiger charge is 2.66. The van der Waals surface area contributed by atoms with Gasteiger partial charge in [0.05, 0.1) is 23.8 Å². The molecule has 36 heavy (non-hydrogen) atoms. The molecule has 192 valence electrons. The Hall–Kier alpha value is -3.60. The zero-order valence-corrected chi connectivity index (χ0v) is 20.1. The number of benzene rings is 1. The van der Waals surface area contributed by atoms with Gasteiger partial charge in [-0.1, -0.05) is 26.8 Å². The van der Waals surface area contributed by atoms with Crippen LogP contribution in [0.3, 0.4) is 0 Å². The minimum atomic E-state index is -2.70. The molecule has 5 N–H and O–H groups in total. The zero-order chi connectivity index (χ0) is 26.7. The highest BCUT2D eigenvalue weighted by molar-refractivity contribution is 6.31. The van der Waals surface area contributed by atoms with Crippen LogP contribution in [-0.4, -0.2) is 57.6 Å². The summed E-state index contributed by atoms with van der Waals surface area (Å²) >= 11 is 0. The molecular formula is C25H28N2O9. The number of hydrogen-bond donors (Lipinski definition) is 4. The summed E-state index contributed by atoms with van der Waals surface area (Å²) < 4.78 is 5.13. The fraction of sp³-hybridized carbons (Fsp3) is 0.520. The number of carbonyl (C=O) groups is 6. The topological polar surface area (TPSA) is 190 Å². The number of aliphatic hydroxyl groups is 1. The van der Waals surface area contributed by atoms with Crippen LogP contribution < -0.4 is 11.1 Å². The molecule has 0 heterocycles. The zero-order valence-electron chi connectivity index (χ0n) is 20.1. The predicted octanol–water partition coefficient (Wildman–Crippen LogP) is 0.921.